The number of phenols is 1. The average molecular weight is 297 g/mol. The Hall–Kier alpha value is -1.26. The van der Waals surface area contributed by atoms with E-state index < -0.39 is 0 Å². The molecule has 0 atom stereocenters. The summed E-state index contributed by atoms with van der Waals surface area (Å²) in [6.45, 7) is 0.598. The van der Waals surface area contributed by atoms with Crippen molar-refractivity contribution in [1.82, 2.24) is 10.2 Å². The minimum Gasteiger partial charge on any atom is -0.507 e. The maximum atomic E-state index is 12.2. The fourth-order valence-electron chi connectivity index (χ4n) is 2.85. The number of carbonyl (C=O) groups is 1. The number of hydrogen-bond acceptors (Lipinski definition) is 3. The zero-order valence-electron chi connectivity index (χ0n) is 11.9. The number of aromatic hydroxyl groups is 1. The van der Waals surface area contributed by atoms with E-state index in [-0.39, 0.29) is 22.8 Å². The van der Waals surface area contributed by atoms with Crippen molar-refractivity contribution in [1.29, 1.82) is 0 Å². The highest BCUT2D eigenvalue weighted by Crippen LogP contribution is 2.33. The maximum absolute atomic E-state index is 12.2. The van der Waals surface area contributed by atoms with Crippen molar-refractivity contribution in [3.63, 3.8) is 0 Å². The van der Waals surface area contributed by atoms with E-state index in [1.165, 1.54) is 18.9 Å². The Morgan fingerprint density at radius 3 is 2.60 bits per heavy atom. The van der Waals surface area contributed by atoms with Crippen LogP contribution in [0.2, 0.25) is 5.02 Å². The van der Waals surface area contributed by atoms with Crippen LogP contribution in [0.25, 0.3) is 0 Å². The predicted molar refractivity (Wildman–Crippen MR) is 80.3 cm³/mol. The van der Waals surface area contributed by atoms with Gasteiger partial charge in [-0.3, -0.25) is 4.79 Å². The minimum absolute atomic E-state index is 0.0394. The second-order valence-electron chi connectivity index (χ2n) is 5.67. The van der Waals surface area contributed by atoms with Crippen molar-refractivity contribution in [2.75, 3.05) is 20.6 Å². The van der Waals surface area contributed by atoms with Crippen molar-refractivity contribution in [2.45, 2.75) is 31.2 Å². The summed E-state index contributed by atoms with van der Waals surface area (Å²) in [5, 5.41) is 13.1. The van der Waals surface area contributed by atoms with Crippen LogP contribution in [0.4, 0.5) is 0 Å². The normalized spacial score (nSPS) is 17.4. The molecule has 5 heteroatoms. The molecule has 1 aromatic rings. The first-order valence-corrected chi connectivity index (χ1v) is 7.26. The Labute approximate surface area is 124 Å². The molecule has 4 nitrogen and oxygen atoms in total. The summed E-state index contributed by atoms with van der Waals surface area (Å²) in [7, 11) is 4.11. The largest absolute Gasteiger partial charge is 0.507 e. The van der Waals surface area contributed by atoms with Gasteiger partial charge >= 0.3 is 0 Å². The van der Waals surface area contributed by atoms with Crippen LogP contribution < -0.4 is 5.32 Å². The molecule has 0 aromatic heterocycles. The summed E-state index contributed by atoms with van der Waals surface area (Å²) < 4.78 is 0. The van der Waals surface area contributed by atoms with E-state index in [0.29, 0.717) is 11.6 Å². The highest BCUT2D eigenvalue weighted by molar-refractivity contribution is 6.30. The van der Waals surface area contributed by atoms with Crippen molar-refractivity contribution in [3.8, 4) is 5.75 Å². The highest BCUT2D eigenvalue weighted by atomic mass is 35.5. The van der Waals surface area contributed by atoms with Crippen LogP contribution in [0, 0.1) is 0 Å². The van der Waals surface area contributed by atoms with Gasteiger partial charge in [0.1, 0.15) is 5.75 Å². The summed E-state index contributed by atoms with van der Waals surface area (Å²) in [5.41, 5.74) is 0.304. The molecule has 1 saturated carbocycles. The molecule has 2 N–H and O–H groups in total. The molecule has 0 radical (unpaired) electrons. The van der Waals surface area contributed by atoms with E-state index in [2.05, 4.69) is 24.3 Å². The smallest absolute Gasteiger partial charge is 0.255 e. The van der Waals surface area contributed by atoms with E-state index >= 15 is 0 Å². The zero-order valence-corrected chi connectivity index (χ0v) is 12.7. The predicted octanol–water partition coefficient (Wildman–Crippen LogP) is 2.65. The molecule has 1 aliphatic carbocycles. The minimum atomic E-state index is -0.257. The topological polar surface area (TPSA) is 52.6 Å². The molecule has 0 saturated heterocycles. The van der Waals surface area contributed by atoms with Gasteiger partial charge in [-0.2, -0.15) is 0 Å². The quantitative estimate of drug-likeness (QED) is 0.898. The van der Waals surface area contributed by atoms with Crippen LogP contribution in [0.15, 0.2) is 18.2 Å². The van der Waals surface area contributed by atoms with Crippen LogP contribution in [0.5, 0.6) is 5.75 Å². The van der Waals surface area contributed by atoms with Gasteiger partial charge in [-0.15, -0.1) is 0 Å². The van der Waals surface area contributed by atoms with Gasteiger partial charge in [0.25, 0.3) is 5.91 Å². The number of benzene rings is 1. The summed E-state index contributed by atoms with van der Waals surface area (Å²) in [5.74, 6) is -0.340. The lowest BCUT2D eigenvalue weighted by Crippen LogP contribution is -2.50. The monoisotopic (exact) mass is 296 g/mol. The molecule has 2 rings (SSSR count). The van der Waals surface area contributed by atoms with Crippen molar-refractivity contribution < 1.29 is 9.90 Å². The van der Waals surface area contributed by atoms with Crippen LogP contribution in [-0.2, 0) is 0 Å². The average Bonchev–Trinajstić information content (AvgIpc) is 2.86. The Balaban J connectivity index is 2.04. The first kappa shape index (κ1) is 15.1. The third-order valence-electron chi connectivity index (χ3n) is 4.27. The lowest BCUT2D eigenvalue weighted by atomic mass is 9.96. The van der Waals surface area contributed by atoms with Crippen LogP contribution in [0.3, 0.4) is 0 Å². The third-order valence-corrected chi connectivity index (χ3v) is 4.50. The maximum Gasteiger partial charge on any atom is 0.255 e. The SMILES string of the molecule is CN(C)C1(CNC(=O)c2ccc(Cl)cc2O)CCCC1. The summed E-state index contributed by atoms with van der Waals surface area (Å²) in [6.07, 6.45) is 4.57. The van der Waals surface area contributed by atoms with Crippen LogP contribution in [-0.4, -0.2) is 42.1 Å². The Morgan fingerprint density at radius 1 is 1.40 bits per heavy atom. The van der Waals surface area contributed by atoms with Gasteiger partial charge in [0.05, 0.1) is 5.56 Å². The van der Waals surface area contributed by atoms with Gasteiger partial charge in [-0.25, -0.2) is 0 Å². The number of likely N-dealkylation sites (N-methyl/N-ethyl adjacent to an activating group) is 1. The van der Waals surface area contributed by atoms with Gasteiger partial charge in [0.2, 0.25) is 0 Å². The molecule has 20 heavy (non-hydrogen) atoms. The fourth-order valence-corrected chi connectivity index (χ4v) is 3.02. The number of amides is 1. The fraction of sp³-hybridized carbons (Fsp3) is 0.533. The number of nitrogens with zero attached hydrogens (tertiary/aromatic N) is 1. The van der Waals surface area contributed by atoms with Crippen LogP contribution >= 0.6 is 11.6 Å². The van der Waals surface area contributed by atoms with E-state index in [9.17, 15) is 9.90 Å². The summed E-state index contributed by atoms with van der Waals surface area (Å²) in [4.78, 5) is 14.4. The van der Waals surface area contributed by atoms with Gasteiger partial charge in [-0.1, -0.05) is 24.4 Å². The second-order valence-corrected chi connectivity index (χ2v) is 6.11. The Kier molecular flexibility index (Phi) is 4.55. The molecule has 0 unspecified atom stereocenters. The number of rotatable bonds is 4. The Morgan fingerprint density at radius 2 is 2.05 bits per heavy atom. The van der Waals surface area contributed by atoms with E-state index in [4.69, 9.17) is 11.6 Å². The zero-order chi connectivity index (χ0) is 14.8. The number of halogens is 1. The lowest BCUT2D eigenvalue weighted by molar-refractivity contribution is 0.0897. The number of hydrogen-bond donors (Lipinski definition) is 2. The van der Waals surface area contributed by atoms with Crippen molar-refractivity contribution >= 4 is 17.5 Å². The molecule has 1 aromatic carbocycles. The highest BCUT2D eigenvalue weighted by Gasteiger charge is 2.36. The second kappa shape index (κ2) is 6.02. The summed E-state index contributed by atoms with van der Waals surface area (Å²) >= 11 is 5.77. The van der Waals surface area contributed by atoms with Gasteiger partial charge in [-0.05, 0) is 45.1 Å². The van der Waals surface area contributed by atoms with Crippen molar-refractivity contribution in [2.24, 2.45) is 0 Å². The molecular weight excluding hydrogens is 276 g/mol. The molecule has 0 aliphatic heterocycles. The molecule has 0 spiro atoms. The molecule has 1 fully saturated rings. The molecule has 1 amide bonds. The molecule has 0 bridgehead atoms. The van der Waals surface area contributed by atoms with E-state index in [1.54, 1.807) is 12.1 Å². The van der Waals surface area contributed by atoms with Gasteiger partial charge < -0.3 is 15.3 Å². The summed E-state index contributed by atoms with van der Waals surface area (Å²) in [6, 6.07) is 4.53. The Bertz CT molecular complexity index is 497. The van der Waals surface area contributed by atoms with Gasteiger partial charge in [0, 0.05) is 17.1 Å². The first-order valence-electron chi connectivity index (χ1n) is 6.89. The molecular formula is C15H21ClN2O2. The van der Waals surface area contributed by atoms with Crippen LogP contribution in [0.1, 0.15) is 36.0 Å². The molecule has 0 heterocycles. The van der Waals surface area contributed by atoms with Gasteiger partial charge in [0.15, 0.2) is 0 Å². The molecule has 1 aliphatic rings. The van der Waals surface area contributed by atoms with E-state index in [0.717, 1.165) is 12.8 Å². The lowest BCUT2D eigenvalue weighted by Gasteiger charge is -2.36. The van der Waals surface area contributed by atoms with E-state index in [1.807, 2.05) is 0 Å². The first-order chi connectivity index (χ1) is 9.44. The number of carbonyl (C=O) groups excluding carboxylic acids is 1. The standard InChI is InChI=1S/C15H21ClN2O2/c1-18(2)15(7-3-4-8-15)10-17-14(20)12-6-5-11(16)9-13(12)19/h5-6,9,19H,3-4,7-8,10H2,1-2H3,(H,17,20). The number of nitrogens with one attached hydrogen (secondary N) is 1. The number of phenolic OH excluding ortho intramolecular Hbond substituents is 1. The van der Waals surface area contributed by atoms with Crippen molar-refractivity contribution in [3.05, 3.63) is 28.8 Å². The third kappa shape index (κ3) is 3.07. The molecule has 110 valence electrons.